The van der Waals surface area contributed by atoms with Crippen LogP contribution in [0, 0.1) is 6.92 Å². The van der Waals surface area contributed by atoms with E-state index in [1.54, 1.807) is 47.0 Å². The van der Waals surface area contributed by atoms with Crippen molar-refractivity contribution in [2.24, 2.45) is 0 Å². The highest BCUT2D eigenvalue weighted by atomic mass is 32.2. The number of piperidine rings is 1. The van der Waals surface area contributed by atoms with Crippen LogP contribution in [0.15, 0.2) is 95.9 Å². The highest BCUT2D eigenvalue weighted by Gasteiger charge is 2.31. The van der Waals surface area contributed by atoms with E-state index in [9.17, 15) is 22.8 Å². The number of benzene rings is 4. The molecule has 0 unspecified atom stereocenters. The maximum Gasteiger partial charge on any atom is 0.573 e. The Morgan fingerprint density at radius 1 is 0.844 bits per heavy atom. The number of urea groups is 1. The number of rotatable bonds is 8. The summed E-state index contributed by atoms with van der Waals surface area (Å²) in [6.45, 7) is 2.93. The van der Waals surface area contributed by atoms with Crippen LogP contribution in [0.4, 0.5) is 29.3 Å². The van der Waals surface area contributed by atoms with Crippen LogP contribution in [-0.2, 0) is 0 Å². The van der Waals surface area contributed by atoms with Gasteiger partial charge in [0.2, 0.25) is 0 Å². The van der Waals surface area contributed by atoms with Crippen molar-refractivity contribution < 1.29 is 32.2 Å². The number of carbonyl (C=O) groups is 2. The molecule has 3 amide bonds. The smallest absolute Gasteiger partial charge is 0.490 e. The normalized spacial score (nSPS) is 13.7. The molecule has 1 saturated heterocycles. The average molecular weight is 636 g/mol. The predicted molar refractivity (Wildman–Crippen MR) is 170 cm³/mol. The van der Waals surface area contributed by atoms with Gasteiger partial charge >= 0.3 is 12.4 Å². The molecular weight excluding hydrogens is 603 g/mol. The van der Waals surface area contributed by atoms with Gasteiger partial charge in [-0.05, 0) is 84.5 Å². The van der Waals surface area contributed by atoms with E-state index in [2.05, 4.69) is 15.4 Å². The quantitative estimate of drug-likeness (QED) is 0.190. The number of ether oxygens (including phenoxy) is 2. The molecule has 0 aliphatic carbocycles. The Hall–Kier alpha value is -4.64. The van der Waals surface area contributed by atoms with E-state index in [4.69, 9.17) is 4.74 Å². The van der Waals surface area contributed by atoms with E-state index in [1.165, 1.54) is 24.3 Å². The van der Waals surface area contributed by atoms with Crippen LogP contribution < -0.4 is 20.1 Å². The van der Waals surface area contributed by atoms with Crippen molar-refractivity contribution in [2.45, 2.75) is 37.1 Å². The summed E-state index contributed by atoms with van der Waals surface area (Å²) < 4.78 is 48.0. The highest BCUT2D eigenvalue weighted by molar-refractivity contribution is 7.98. The second-order valence-corrected chi connectivity index (χ2v) is 11.4. The average Bonchev–Trinajstić information content (AvgIpc) is 3.01. The Balaban J connectivity index is 1.19. The molecule has 0 spiro atoms. The largest absolute Gasteiger partial charge is 0.573 e. The van der Waals surface area contributed by atoms with E-state index in [1.807, 2.05) is 49.6 Å². The third-order valence-corrected chi connectivity index (χ3v) is 8.10. The minimum absolute atomic E-state index is 0.0893. The van der Waals surface area contributed by atoms with Crippen molar-refractivity contribution in [2.75, 3.05) is 30.0 Å². The number of anilines is 2. The molecule has 1 aliphatic heterocycles. The van der Waals surface area contributed by atoms with Gasteiger partial charge in [0.15, 0.2) is 0 Å². The molecule has 0 atom stereocenters. The predicted octanol–water partition coefficient (Wildman–Crippen LogP) is 8.61. The van der Waals surface area contributed by atoms with Gasteiger partial charge in [0.25, 0.3) is 5.91 Å². The van der Waals surface area contributed by atoms with Crippen molar-refractivity contribution in [3.63, 3.8) is 0 Å². The summed E-state index contributed by atoms with van der Waals surface area (Å²) in [7, 11) is 0. The Labute approximate surface area is 263 Å². The van der Waals surface area contributed by atoms with Gasteiger partial charge < -0.3 is 25.0 Å². The molecule has 234 valence electrons. The second kappa shape index (κ2) is 14.0. The maximum absolute atomic E-state index is 13.4. The van der Waals surface area contributed by atoms with Crippen molar-refractivity contribution in [3.05, 3.63) is 102 Å². The fourth-order valence-corrected chi connectivity index (χ4v) is 5.56. The Kier molecular flexibility index (Phi) is 9.87. The van der Waals surface area contributed by atoms with Crippen molar-refractivity contribution >= 4 is 35.1 Å². The SMILES string of the molecule is CSc1ccc(NC(=O)N2CCC(Oc3cccc(NC(=O)c4cccc(C)c4-c4ccc(OC(F)(F)F)cc4)c3)CC2)cc1. The van der Waals surface area contributed by atoms with Crippen LogP contribution in [0.25, 0.3) is 11.1 Å². The molecule has 0 aromatic heterocycles. The Bertz CT molecular complexity index is 1640. The van der Waals surface area contributed by atoms with E-state index < -0.39 is 6.36 Å². The molecule has 7 nitrogen and oxygen atoms in total. The number of aryl methyl sites for hydroxylation is 1. The number of alkyl halides is 3. The number of hydrogen-bond donors (Lipinski definition) is 2. The van der Waals surface area contributed by atoms with Crippen LogP contribution in [-0.4, -0.2) is 48.6 Å². The first-order valence-electron chi connectivity index (χ1n) is 14.3. The van der Waals surface area contributed by atoms with E-state index in [0.29, 0.717) is 54.1 Å². The molecule has 1 aliphatic rings. The van der Waals surface area contributed by atoms with Crippen LogP contribution in [0.1, 0.15) is 28.8 Å². The monoisotopic (exact) mass is 635 g/mol. The molecular formula is C34H32F3N3O4S. The number of nitrogens with zero attached hydrogens (tertiary/aromatic N) is 1. The Morgan fingerprint density at radius 3 is 2.20 bits per heavy atom. The van der Waals surface area contributed by atoms with Crippen molar-refractivity contribution in [1.29, 1.82) is 0 Å². The van der Waals surface area contributed by atoms with E-state index in [0.717, 1.165) is 16.1 Å². The fraction of sp³-hybridized carbons (Fsp3) is 0.235. The topological polar surface area (TPSA) is 79.9 Å². The van der Waals surface area contributed by atoms with Crippen LogP contribution in [0.5, 0.6) is 11.5 Å². The molecule has 11 heteroatoms. The minimum Gasteiger partial charge on any atom is -0.490 e. The van der Waals surface area contributed by atoms with Crippen LogP contribution >= 0.6 is 11.8 Å². The van der Waals surface area contributed by atoms with E-state index >= 15 is 0 Å². The standard InChI is InChI=1S/C34H32F3N3O4S/c1-22-5-3-8-30(31(22)23-9-13-27(14-10-23)44-34(35,36)37)32(41)38-25-6-4-7-28(21-25)43-26-17-19-40(20-18-26)33(42)39-24-11-15-29(45-2)16-12-24/h3-16,21,26H,17-20H2,1-2H3,(H,38,41)(H,39,42). The zero-order valence-corrected chi connectivity index (χ0v) is 25.5. The number of amides is 3. The first kappa shape index (κ1) is 31.8. The maximum atomic E-state index is 13.4. The van der Waals surface area contributed by atoms with Gasteiger partial charge in [-0.25, -0.2) is 4.79 Å². The summed E-state index contributed by atoms with van der Waals surface area (Å²) in [5.74, 6) is -0.119. The second-order valence-electron chi connectivity index (χ2n) is 10.5. The zero-order chi connectivity index (χ0) is 32.0. The molecule has 0 radical (unpaired) electrons. The summed E-state index contributed by atoms with van der Waals surface area (Å²) in [5.41, 5.74) is 3.63. The first-order chi connectivity index (χ1) is 21.6. The molecule has 5 rings (SSSR count). The molecule has 1 fully saturated rings. The molecule has 0 bridgehead atoms. The third kappa shape index (κ3) is 8.51. The van der Waals surface area contributed by atoms with Gasteiger partial charge in [-0.15, -0.1) is 24.9 Å². The molecule has 1 heterocycles. The number of halogens is 3. The van der Waals surface area contributed by atoms with Gasteiger partial charge in [0.05, 0.1) is 0 Å². The van der Waals surface area contributed by atoms with Gasteiger partial charge in [-0.3, -0.25) is 4.79 Å². The van der Waals surface area contributed by atoms with Crippen molar-refractivity contribution in [3.8, 4) is 22.6 Å². The summed E-state index contributed by atoms with van der Waals surface area (Å²) >= 11 is 1.64. The summed E-state index contributed by atoms with van der Waals surface area (Å²) in [6.07, 6.45) is -1.55. The van der Waals surface area contributed by atoms with Gasteiger partial charge in [0, 0.05) is 53.8 Å². The minimum atomic E-state index is -4.79. The first-order valence-corrected chi connectivity index (χ1v) is 15.5. The summed E-state index contributed by atoms with van der Waals surface area (Å²) in [6, 6.07) is 25.3. The number of hydrogen-bond acceptors (Lipinski definition) is 5. The number of thioether (sulfide) groups is 1. The number of likely N-dealkylation sites (tertiary alicyclic amines) is 1. The van der Waals surface area contributed by atoms with E-state index in [-0.39, 0.29) is 23.8 Å². The lowest BCUT2D eigenvalue weighted by Crippen LogP contribution is -2.43. The zero-order valence-electron chi connectivity index (χ0n) is 24.7. The molecule has 45 heavy (non-hydrogen) atoms. The fourth-order valence-electron chi connectivity index (χ4n) is 5.16. The summed E-state index contributed by atoms with van der Waals surface area (Å²) in [5, 5.41) is 5.86. The van der Waals surface area contributed by atoms with Crippen molar-refractivity contribution in [1.82, 2.24) is 4.90 Å². The lowest BCUT2D eigenvalue weighted by Gasteiger charge is -2.32. The highest BCUT2D eigenvalue weighted by Crippen LogP contribution is 2.32. The van der Waals surface area contributed by atoms with Crippen LogP contribution in [0.2, 0.25) is 0 Å². The van der Waals surface area contributed by atoms with Gasteiger partial charge in [-0.2, -0.15) is 0 Å². The number of carbonyl (C=O) groups excluding carboxylic acids is 2. The lowest BCUT2D eigenvalue weighted by molar-refractivity contribution is -0.274. The van der Waals surface area contributed by atoms with Gasteiger partial charge in [0.1, 0.15) is 17.6 Å². The molecule has 4 aromatic rings. The molecule has 4 aromatic carbocycles. The molecule has 0 saturated carbocycles. The van der Waals surface area contributed by atoms with Crippen LogP contribution in [0.3, 0.4) is 0 Å². The molecule has 2 N–H and O–H groups in total. The van der Waals surface area contributed by atoms with Gasteiger partial charge in [-0.1, -0.05) is 30.3 Å². The summed E-state index contributed by atoms with van der Waals surface area (Å²) in [4.78, 5) is 29.0. The lowest BCUT2D eigenvalue weighted by atomic mass is 9.94. The third-order valence-electron chi connectivity index (χ3n) is 7.36. The Morgan fingerprint density at radius 2 is 1.53 bits per heavy atom. The number of nitrogens with one attached hydrogen (secondary N) is 2.